The summed E-state index contributed by atoms with van der Waals surface area (Å²) in [6.45, 7) is 5.22. The second-order valence-corrected chi connectivity index (χ2v) is 20.3. The number of phenols is 2. The van der Waals surface area contributed by atoms with Gasteiger partial charge in [-0.05, 0) is 98.7 Å². The summed E-state index contributed by atoms with van der Waals surface area (Å²) in [5.41, 5.74) is 2.28. The summed E-state index contributed by atoms with van der Waals surface area (Å²) in [5, 5.41) is 96.1. The highest BCUT2D eigenvalue weighted by Gasteiger charge is 2.41. The fourth-order valence-electron chi connectivity index (χ4n) is 9.11. The van der Waals surface area contributed by atoms with Gasteiger partial charge in [0.15, 0.2) is 0 Å². The third-order valence-electron chi connectivity index (χ3n) is 13.5. The highest BCUT2D eigenvalue weighted by atomic mass is 16.3. The number of benzene rings is 3. The summed E-state index contributed by atoms with van der Waals surface area (Å²) in [7, 11) is 0. The van der Waals surface area contributed by atoms with Crippen molar-refractivity contribution in [3.63, 3.8) is 0 Å². The lowest BCUT2D eigenvalue weighted by molar-refractivity contribution is -0.143. The maximum Gasteiger partial charge on any atom is 0.246 e. The summed E-state index contributed by atoms with van der Waals surface area (Å²) in [5.74, 6) is -5.70. The van der Waals surface area contributed by atoms with Gasteiger partial charge in [-0.1, -0.05) is 94.6 Å². The molecular weight excluding hydrogens is 969 g/mol. The first-order valence-corrected chi connectivity index (χ1v) is 26.0. The zero-order valence-corrected chi connectivity index (χ0v) is 43.5. The van der Waals surface area contributed by atoms with E-state index in [9.17, 15) is 69.6 Å². The van der Waals surface area contributed by atoms with Crippen LogP contribution in [0.3, 0.4) is 0 Å². The number of rotatable bonds is 31. The minimum Gasteiger partial charge on any atom is -0.508 e. The Kier molecular flexibility index (Phi) is 25.4. The molecule has 3 aromatic carbocycles. The van der Waals surface area contributed by atoms with Crippen molar-refractivity contribution < 1.29 is 69.6 Å². The van der Waals surface area contributed by atoms with Crippen LogP contribution in [0.15, 0.2) is 78.9 Å². The number of carbonyl (C=O) groups is 6. The summed E-state index contributed by atoms with van der Waals surface area (Å²) >= 11 is 0. The van der Waals surface area contributed by atoms with E-state index in [-0.39, 0.29) is 56.1 Å². The first kappa shape index (κ1) is 61.4. The number of nitrogens with zero attached hydrogens (tertiary/aromatic N) is 1. The van der Waals surface area contributed by atoms with Crippen LogP contribution in [0.1, 0.15) is 102 Å². The average molecular weight is 1050 g/mol. The Morgan fingerprint density at radius 1 is 0.613 bits per heavy atom. The first-order chi connectivity index (χ1) is 35.7. The van der Waals surface area contributed by atoms with Gasteiger partial charge in [0, 0.05) is 13.0 Å². The zero-order valence-electron chi connectivity index (χ0n) is 43.5. The molecule has 0 radical (unpaired) electrons. The molecule has 20 nitrogen and oxygen atoms in total. The van der Waals surface area contributed by atoms with Crippen molar-refractivity contribution in [1.29, 1.82) is 0 Å². The second kappa shape index (κ2) is 31.0. The van der Waals surface area contributed by atoms with Crippen LogP contribution in [0.5, 0.6) is 11.5 Å². The third kappa shape index (κ3) is 20.5. The molecule has 20 heteroatoms. The van der Waals surface area contributed by atoms with Crippen molar-refractivity contribution in [2.24, 2.45) is 11.8 Å². The topological polar surface area (TPSA) is 328 Å². The number of unbranched alkanes of at least 4 members (excludes halogenated alkanes) is 2. The van der Waals surface area contributed by atoms with Gasteiger partial charge in [0.25, 0.3) is 0 Å². The van der Waals surface area contributed by atoms with Crippen molar-refractivity contribution in [2.45, 2.75) is 165 Å². The number of aromatic hydroxyl groups is 2. The van der Waals surface area contributed by atoms with Gasteiger partial charge in [0.2, 0.25) is 35.4 Å². The van der Waals surface area contributed by atoms with Gasteiger partial charge in [-0.15, -0.1) is 0 Å². The van der Waals surface area contributed by atoms with Crippen LogP contribution in [0.4, 0.5) is 0 Å². The van der Waals surface area contributed by atoms with Crippen LogP contribution in [-0.4, -0.2) is 162 Å². The Morgan fingerprint density at radius 3 is 1.79 bits per heavy atom. The van der Waals surface area contributed by atoms with E-state index in [0.29, 0.717) is 37.7 Å². The number of hydrogen-bond donors (Lipinski definition) is 13. The highest BCUT2D eigenvalue weighted by Crippen LogP contribution is 2.22. The molecule has 1 aliphatic heterocycles. The van der Waals surface area contributed by atoms with E-state index in [1.54, 1.807) is 12.1 Å². The third-order valence-corrected chi connectivity index (χ3v) is 13.5. The highest BCUT2D eigenvalue weighted by molar-refractivity contribution is 5.96. The lowest BCUT2D eigenvalue weighted by Crippen LogP contribution is -2.61. The minimum atomic E-state index is -1.58. The molecule has 6 amide bonds. The van der Waals surface area contributed by atoms with Crippen molar-refractivity contribution in [2.75, 3.05) is 19.8 Å². The predicted octanol–water partition coefficient (Wildman–Crippen LogP) is 1.01. The molecule has 1 aliphatic rings. The Balaban J connectivity index is 1.38. The fraction of sp³-hybridized carbons (Fsp3) is 0.564. The summed E-state index contributed by atoms with van der Waals surface area (Å²) in [4.78, 5) is 83.9. The van der Waals surface area contributed by atoms with E-state index >= 15 is 0 Å². The summed E-state index contributed by atoms with van der Waals surface area (Å²) in [6.07, 6.45) is -0.779. The van der Waals surface area contributed by atoms with Crippen LogP contribution >= 0.6 is 0 Å². The standard InChI is InChI=1S/C55H80N6O14/c1-33(2)26-43(48(69)30-49(70)56-39(31-62)27-37-17-21-40(65)22-18-37)57-54(74)50(35(4)64)60-53(73)46-15-11-25-61(46)55(75)44(29-38-19-23-41(66)24-20-38)58-52(72)45(32-63)59-51(71)34(3)47(68)16-10-6-9-14-42(67)28-36-12-7-5-8-13-36/h5,7-8,12-13,17-24,33-35,39,42-48,50,62-69H,6,9-11,14-16,25-32H2,1-4H3,(H,56,70)(H,57,74)(H,58,72)(H,59,71)(H,60,73)/t34?,35-,39?,42?,43+,44-,45-,46-,47?,48-,50+/m1/s1. The normalized spacial score (nSPS) is 17.5. The van der Waals surface area contributed by atoms with Gasteiger partial charge in [0.05, 0.1) is 62.1 Å². The SMILES string of the molecule is CC(C)C[C@H](NC(=O)[C@@H](NC(=O)[C@H]1CCCN1C(=O)[C@@H](Cc1ccc(O)cc1)NC(=O)[C@@H](CO)NC(=O)C(C)C(O)CCCCCC(O)Cc1ccccc1)[C@@H](C)O)[C@H](O)CC(=O)NC(CO)Cc1ccc(O)cc1. The molecule has 75 heavy (non-hydrogen) atoms. The Bertz CT molecular complexity index is 2250. The lowest BCUT2D eigenvalue weighted by atomic mass is 9.96. The molecule has 4 unspecified atom stereocenters. The molecule has 414 valence electrons. The van der Waals surface area contributed by atoms with Gasteiger partial charge < -0.3 is 72.3 Å². The predicted molar refractivity (Wildman–Crippen MR) is 278 cm³/mol. The Hall–Kier alpha value is -6.16. The van der Waals surface area contributed by atoms with E-state index in [2.05, 4.69) is 26.6 Å². The van der Waals surface area contributed by atoms with E-state index < -0.39 is 122 Å². The number of nitrogens with one attached hydrogen (secondary N) is 5. The number of hydrogen-bond acceptors (Lipinski definition) is 14. The Labute approximate surface area is 439 Å². The van der Waals surface area contributed by atoms with Crippen molar-refractivity contribution >= 4 is 35.4 Å². The molecular formula is C55H80N6O14. The molecule has 1 heterocycles. The van der Waals surface area contributed by atoms with Gasteiger partial charge in [0.1, 0.15) is 35.7 Å². The number of aliphatic hydroxyl groups is 6. The van der Waals surface area contributed by atoms with E-state index in [4.69, 9.17) is 0 Å². The molecule has 0 saturated carbocycles. The van der Waals surface area contributed by atoms with E-state index in [1.807, 2.05) is 44.2 Å². The van der Waals surface area contributed by atoms with E-state index in [0.717, 1.165) is 17.5 Å². The molecule has 11 atom stereocenters. The molecule has 1 fully saturated rings. The molecule has 0 aromatic heterocycles. The number of carbonyl (C=O) groups excluding carboxylic acids is 6. The molecule has 0 aliphatic carbocycles. The zero-order chi connectivity index (χ0) is 55.2. The smallest absolute Gasteiger partial charge is 0.246 e. The van der Waals surface area contributed by atoms with Crippen LogP contribution in [0.2, 0.25) is 0 Å². The van der Waals surface area contributed by atoms with Gasteiger partial charge in [-0.25, -0.2) is 0 Å². The van der Waals surface area contributed by atoms with Crippen LogP contribution in [-0.2, 0) is 48.0 Å². The number of amides is 6. The van der Waals surface area contributed by atoms with Crippen LogP contribution in [0, 0.1) is 11.8 Å². The monoisotopic (exact) mass is 1050 g/mol. The first-order valence-electron chi connectivity index (χ1n) is 26.0. The molecule has 3 aromatic rings. The molecule has 4 rings (SSSR count). The van der Waals surface area contributed by atoms with Crippen LogP contribution < -0.4 is 26.6 Å². The van der Waals surface area contributed by atoms with Crippen molar-refractivity contribution in [3.05, 3.63) is 95.6 Å². The second-order valence-electron chi connectivity index (χ2n) is 20.3. The van der Waals surface area contributed by atoms with Gasteiger partial charge in [-0.2, -0.15) is 0 Å². The molecule has 13 N–H and O–H groups in total. The van der Waals surface area contributed by atoms with Gasteiger partial charge in [-0.3, -0.25) is 28.8 Å². The van der Waals surface area contributed by atoms with Crippen LogP contribution in [0.25, 0.3) is 0 Å². The maximum absolute atomic E-state index is 14.5. The van der Waals surface area contributed by atoms with Crippen molar-refractivity contribution in [3.8, 4) is 11.5 Å². The molecule has 0 spiro atoms. The quantitative estimate of drug-likeness (QED) is 0.0401. The summed E-state index contributed by atoms with van der Waals surface area (Å²) < 4.78 is 0. The van der Waals surface area contributed by atoms with E-state index in [1.165, 1.54) is 55.1 Å². The number of aliphatic hydroxyl groups excluding tert-OH is 6. The van der Waals surface area contributed by atoms with Gasteiger partial charge >= 0.3 is 0 Å². The number of phenolic OH excluding ortho intramolecular Hbond substituents is 2. The lowest BCUT2D eigenvalue weighted by Gasteiger charge is -2.32. The summed E-state index contributed by atoms with van der Waals surface area (Å²) in [6, 6.07) is 14.3. The maximum atomic E-state index is 14.5. The fourth-order valence-corrected chi connectivity index (χ4v) is 9.11. The minimum absolute atomic E-state index is 0.0550. The average Bonchev–Trinajstić information content (AvgIpc) is 3.87. The molecule has 1 saturated heterocycles. The largest absolute Gasteiger partial charge is 0.508 e. The number of likely N-dealkylation sites (tertiary alicyclic amines) is 1. The van der Waals surface area contributed by atoms with Crippen molar-refractivity contribution in [1.82, 2.24) is 31.5 Å². The Morgan fingerprint density at radius 2 is 1.20 bits per heavy atom. The molecule has 0 bridgehead atoms.